The Labute approximate surface area is 112 Å². The summed E-state index contributed by atoms with van der Waals surface area (Å²) in [4.78, 5) is 12.1. The Morgan fingerprint density at radius 1 is 1.53 bits per heavy atom. The Balaban J connectivity index is 2.88. The molecule has 0 fully saturated rings. The Morgan fingerprint density at radius 3 is 2.79 bits per heavy atom. The molecule has 1 aromatic carbocycles. The number of hydrogen-bond donors (Lipinski definition) is 1. The summed E-state index contributed by atoms with van der Waals surface area (Å²) in [6, 6.07) is 6.86. The second-order valence-corrected chi connectivity index (χ2v) is 3.78. The van der Waals surface area contributed by atoms with Crippen molar-refractivity contribution in [2.75, 3.05) is 18.6 Å². The number of carbonyl (C=O) groups is 1. The first kappa shape index (κ1) is 14.9. The third-order valence-electron chi connectivity index (χ3n) is 2.46. The number of amides is 1. The minimum absolute atomic E-state index is 0.148. The molecule has 0 aliphatic heterocycles. The van der Waals surface area contributed by atoms with Crippen LogP contribution in [0.5, 0.6) is 5.75 Å². The highest BCUT2D eigenvalue weighted by molar-refractivity contribution is 5.87. The van der Waals surface area contributed by atoms with Crippen molar-refractivity contribution in [1.82, 2.24) is 0 Å². The molecule has 0 radical (unpaired) electrons. The molecule has 0 saturated carbocycles. The van der Waals surface area contributed by atoms with Crippen molar-refractivity contribution in [3.63, 3.8) is 0 Å². The number of hydrogen-bond acceptors (Lipinski definition) is 3. The van der Waals surface area contributed by atoms with Crippen LogP contribution in [0.15, 0.2) is 24.3 Å². The van der Waals surface area contributed by atoms with Crippen LogP contribution < -0.4 is 9.64 Å². The molecule has 1 atom stereocenters. The zero-order valence-electron chi connectivity index (χ0n) is 11.0. The summed E-state index contributed by atoms with van der Waals surface area (Å²) in [7, 11) is 1.45. The Kier molecular flexibility index (Phi) is 5.71. The first-order valence-electron chi connectivity index (χ1n) is 5.87. The van der Waals surface area contributed by atoms with Crippen molar-refractivity contribution in [2.45, 2.75) is 19.6 Å². The molecule has 1 unspecified atom stereocenters. The van der Waals surface area contributed by atoms with Crippen LogP contribution in [0.3, 0.4) is 0 Å². The quantitative estimate of drug-likeness (QED) is 0.633. The summed E-state index contributed by atoms with van der Waals surface area (Å²) in [5.41, 5.74) is 0.456. The number of anilines is 1. The predicted molar refractivity (Wildman–Crippen MR) is 72.4 cm³/mol. The molecule has 19 heavy (non-hydrogen) atoms. The van der Waals surface area contributed by atoms with Gasteiger partial charge in [-0.15, -0.1) is 6.42 Å². The fourth-order valence-corrected chi connectivity index (χ4v) is 1.45. The zero-order valence-corrected chi connectivity index (χ0v) is 11.0. The minimum atomic E-state index is -1.06. The molecule has 0 heterocycles. The van der Waals surface area contributed by atoms with E-state index in [4.69, 9.17) is 21.0 Å². The van der Waals surface area contributed by atoms with Gasteiger partial charge >= 0.3 is 6.09 Å². The lowest BCUT2D eigenvalue weighted by Crippen LogP contribution is -2.26. The van der Waals surface area contributed by atoms with Gasteiger partial charge in [-0.1, -0.05) is 25.0 Å². The fraction of sp³-hybridized carbons (Fsp3) is 0.357. The van der Waals surface area contributed by atoms with Crippen molar-refractivity contribution in [3.05, 3.63) is 24.3 Å². The van der Waals surface area contributed by atoms with Gasteiger partial charge < -0.3 is 14.6 Å². The van der Waals surface area contributed by atoms with E-state index in [2.05, 4.69) is 5.92 Å². The van der Waals surface area contributed by atoms with E-state index in [0.29, 0.717) is 17.9 Å². The molecule has 102 valence electrons. The molecule has 1 N–H and O–H groups in total. The van der Waals surface area contributed by atoms with Gasteiger partial charge in [0.25, 0.3) is 0 Å². The summed E-state index contributed by atoms with van der Waals surface area (Å²) in [6.07, 6.45) is 4.17. The maximum atomic E-state index is 11.0. The first-order chi connectivity index (χ1) is 9.10. The van der Waals surface area contributed by atoms with Crippen LogP contribution in [-0.4, -0.2) is 31.1 Å². The number of carboxylic acid groups (broad SMARTS) is 1. The van der Waals surface area contributed by atoms with Gasteiger partial charge in [0, 0.05) is 13.5 Å². The molecule has 0 aliphatic carbocycles. The Hall–Kier alpha value is -2.19. The van der Waals surface area contributed by atoms with E-state index in [1.165, 1.54) is 7.05 Å². The van der Waals surface area contributed by atoms with Crippen LogP contribution in [0.25, 0.3) is 0 Å². The van der Waals surface area contributed by atoms with E-state index in [1.807, 2.05) is 6.92 Å². The van der Waals surface area contributed by atoms with Gasteiger partial charge in [0.15, 0.2) is 0 Å². The van der Waals surface area contributed by atoms with E-state index in [-0.39, 0.29) is 6.61 Å². The van der Waals surface area contributed by atoms with Crippen LogP contribution in [0.1, 0.15) is 13.3 Å². The molecule has 1 rings (SSSR count). The summed E-state index contributed by atoms with van der Waals surface area (Å²) in [5.74, 6) is 2.81. The molecular weight excluding hydrogens is 246 g/mol. The van der Waals surface area contributed by atoms with Crippen LogP contribution >= 0.6 is 0 Å². The zero-order chi connectivity index (χ0) is 14.3. The molecule has 0 aromatic heterocycles. The Bertz CT molecular complexity index is 467. The van der Waals surface area contributed by atoms with Gasteiger partial charge in [0.2, 0.25) is 6.29 Å². The maximum absolute atomic E-state index is 11.0. The lowest BCUT2D eigenvalue weighted by atomic mass is 10.2. The minimum Gasteiger partial charge on any atom is -0.465 e. The van der Waals surface area contributed by atoms with E-state index >= 15 is 0 Å². The average Bonchev–Trinajstić information content (AvgIpc) is 2.43. The van der Waals surface area contributed by atoms with Crippen LogP contribution in [0, 0.1) is 12.3 Å². The standard InChI is InChI=1S/C14H17NO4/c1-4-10-18-13(5-2)19-12-9-7-6-8-11(12)15(3)14(16)17/h1,6-9,13H,5,10H2,2-3H3,(H,16,17). The second-order valence-electron chi connectivity index (χ2n) is 3.78. The largest absolute Gasteiger partial charge is 0.465 e. The van der Waals surface area contributed by atoms with E-state index in [1.54, 1.807) is 24.3 Å². The topological polar surface area (TPSA) is 59.0 Å². The molecule has 0 aliphatic rings. The van der Waals surface area contributed by atoms with Gasteiger partial charge in [0.1, 0.15) is 12.4 Å². The SMILES string of the molecule is C#CCOC(CC)Oc1ccccc1N(C)C(=O)O. The monoisotopic (exact) mass is 263 g/mol. The smallest absolute Gasteiger partial charge is 0.411 e. The molecule has 0 bridgehead atoms. The summed E-state index contributed by atoms with van der Waals surface area (Å²) < 4.78 is 11.0. The highest BCUT2D eigenvalue weighted by Gasteiger charge is 2.16. The molecule has 0 saturated heterocycles. The maximum Gasteiger partial charge on any atom is 0.411 e. The van der Waals surface area contributed by atoms with Gasteiger partial charge in [-0.2, -0.15) is 0 Å². The molecule has 5 heteroatoms. The van der Waals surface area contributed by atoms with Crippen molar-refractivity contribution < 1.29 is 19.4 Å². The lowest BCUT2D eigenvalue weighted by Gasteiger charge is -2.22. The van der Waals surface area contributed by atoms with Gasteiger partial charge in [-0.25, -0.2) is 4.79 Å². The molecular formula is C14H17NO4. The van der Waals surface area contributed by atoms with Crippen molar-refractivity contribution >= 4 is 11.8 Å². The number of terminal acetylenes is 1. The van der Waals surface area contributed by atoms with Gasteiger partial charge in [0.05, 0.1) is 5.69 Å². The summed E-state index contributed by atoms with van der Waals surface area (Å²) in [5, 5.41) is 9.01. The van der Waals surface area contributed by atoms with Gasteiger partial charge in [-0.05, 0) is 12.1 Å². The average molecular weight is 263 g/mol. The highest BCUT2D eigenvalue weighted by Crippen LogP contribution is 2.28. The fourth-order valence-electron chi connectivity index (χ4n) is 1.45. The van der Waals surface area contributed by atoms with E-state index < -0.39 is 12.4 Å². The number of nitrogens with zero attached hydrogens (tertiary/aromatic N) is 1. The first-order valence-corrected chi connectivity index (χ1v) is 5.87. The van der Waals surface area contributed by atoms with E-state index in [0.717, 1.165) is 4.90 Å². The molecule has 0 spiro atoms. The van der Waals surface area contributed by atoms with Crippen LogP contribution in [0.4, 0.5) is 10.5 Å². The Morgan fingerprint density at radius 2 is 2.21 bits per heavy atom. The third kappa shape index (κ3) is 4.19. The second kappa shape index (κ2) is 7.29. The molecule has 5 nitrogen and oxygen atoms in total. The van der Waals surface area contributed by atoms with Gasteiger partial charge in [-0.3, -0.25) is 4.90 Å². The predicted octanol–water partition coefficient (Wildman–Crippen LogP) is 2.57. The number of ether oxygens (including phenoxy) is 2. The number of para-hydroxylation sites is 2. The lowest BCUT2D eigenvalue weighted by molar-refractivity contribution is -0.0682. The molecule has 1 aromatic rings. The normalized spacial score (nSPS) is 11.4. The summed E-state index contributed by atoms with van der Waals surface area (Å²) >= 11 is 0. The van der Waals surface area contributed by atoms with Crippen molar-refractivity contribution in [3.8, 4) is 18.1 Å². The number of rotatable bonds is 6. The van der Waals surface area contributed by atoms with Crippen molar-refractivity contribution in [2.24, 2.45) is 0 Å². The highest BCUT2D eigenvalue weighted by atomic mass is 16.7. The third-order valence-corrected chi connectivity index (χ3v) is 2.46. The van der Waals surface area contributed by atoms with Crippen LogP contribution in [-0.2, 0) is 4.74 Å². The van der Waals surface area contributed by atoms with Crippen LogP contribution in [0.2, 0.25) is 0 Å². The number of benzene rings is 1. The summed E-state index contributed by atoms with van der Waals surface area (Å²) in [6.45, 7) is 2.04. The molecule has 1 amide bonds. The van der Waals surface area contributed by atoms with Crippen molar-refractivity contribution in [1.29, 1.82) is 0 Å². The van der Waals surface area contributed by atoms with E-state index in [9.17, 15) is 4.79 Å².